The molecule has 2 aromatic rings. The predicted octanol–water partition coefficient (Wildman–Crippen LogP) is 6.88. The van der Waals surface area contributed by atoms with Gasteiger partial charge in [-0.05, 0) is 56.3 Å². The average Bonchev–Trinajstić information content (AvgIpc) is 3.44. The lowest BCUT2D eigenvalue weighted by Gasteiger charge is -2.32. The normalized spacial score (nSPS) is 16.9. The minimum atomic E-state index is -4.79. The van der Waals surface area contributed by atoms with E-state index in [0.29, 0.717) is 36.0 Å². The molecule has 0 spiro atoms. The maximum atomic E-state index is 14.0. The van der Waals surface area contributed by atoms with E-state index in [4.69, 9.17) is 11.6 Å². The Hall–Kier alpha value is -1.94. The van der Waals surface area contributed by atoms with Gasteiger partial charge in [-0.1, -0.05) is 30.5 Å². The summed E-state index contributed by atoms with van der Waals surface area (Å²) in [5.74, 6) is 0.427. The minimum Gasteiger partial charge on any atom is -0.312 e. The molecule has 1 aromatic carbocycles. The van der Waals surface area contributed by atoms with Gasteiger partial charge in [0, 0.05) is 19.6 Å². The Morgan fingerprint density at radius 2 is 1.79 bits per heavy atom. The van der Waals surface area contributed by atoms with E-state index in [2.05, 4.69) is 4.98 Å². The van der Waals surface area contributed by atoms with Crippen molar-refractivity contribution < 1.29 is 26.3 Å². The van der Waals surface area contributed by atoms with E-state index in [-0.39, 0.29) is 24.7 Å². The van der Waals surface area contributed by atoms with Crippen LogP contribution in [-0.2, 0) is 19.3 Å². The highest BCUT2D eigenvalue weighted by atomic mass is 35.5. The molecule has 0 N–H and O–H groups in total. The molecule has 188 valence electrons. The van der Waals surface area contributed by atoms with E-state index < -0.39 is 31.1 Å². The number of halogens is 7. The maximum Gasteiger partial charge on any atom is 0.435 e. The topological polar surface area (TPSA) is 24.3 Å². The van der Waals surface area contributed by atoms with Gasteiger partial charge in [0.2, 0.25) is 5.95 Å². The summed E-state index contributed by atoms with van der Waals surface area (Å²) in [5, 5.41) is 0.396. The summed E-state index contributed by atoms with van der Waals surface area (Å²) in [5.41, 5.74) is 0.919. The SMILES string of the molecule is Cc1cc(C)c(N2CCCn3c2nc(C(F)(F)F)c3CN(CCC2CC2)CC(F)(F)F)c(Cl)c1. The van der Waals surface area contributed by atoms with Gasteiger partial charge in [-0.3, -0.25) is 4.90 Å². The van der Waals surface area contributed by atoms with E-state index in [1.807, 2.05) is 19.9 Å². The molecule has 4 nitrogen and oxygen atoms in total. The van der Waals surface area contributed by atoms with Crippen LogP contribution < -0.4 is 4.90 Å². The fraction of sp³-hybridized carbons (Fsp3) is 0.609. The molecule has 2 aliphatic rings. The van der Waals surface area contributed by atoms with Crippen LogP contribution in [0.4, 0.5) is 38.0 Å². The smallest absolute Gasteiger partial charge is 0.312 e. The second-order valence-electron chi connectivity index (χ2n) is 9.33. The van der Waals surface area contributed by atoms with Crippen LogP contribution in [0.2, 0.25) is 5.02 Å². The first-order valence-electron chi connectivity index (χ1n) is 11.3. The van der Waals surface area contributed by atoms with Crippen molar-refractivity contribution in [3.8, 4) is 0 Å². The van der Waals surface area contributed by atoms with Crippen LogP contribution in [0.3, 0.4) is 0 Å². The number of imidazole rings is 1. The number of aryl methyl sites for hydroxylation is 2. The van der Waals surface area contributed by atoms with Crippen molar-refractivity contribution in [3.63, 3.8) is 0 Å². The Morgan fingerprint density at radius 1 is 1.09 bits per heavy atom. The molecular formula is C23H27ClF6N4. The van der Waals surface area contributed by atoms with Crippen molar-refractivity contribution in [1.82, 2.24) is 14.5 Å². The number of benzene rings is 1. The summed E-state index contributed by atoms with van der Waals surface area (Å²) < 4.78 is 83.2. The van der Waals surface area contributed by atoms with Gasteiger partial charge in [0.15, 0.2) is 5.69 Å². The molecule has 0 radical (unpaired) electrons. The molecule has 11 heteroatoms. The Kier molecular flexibility index (Phi) is 6.85. The van der Waals surface area contributed by atoms with Crippen LogP contribution in [0.25, 0.3) is 0 Å². The van der Waals surface area contributed by atoms with Gasteiger partial charge < -0.3 is 9.47 Å². The number of fused-ring (bicyclic) bond motifs is 1. The summed E-state index contributed by atoms with van der Waals surface area (Å²) in [6.07, 6.45) is -6.33. The molecule has 0 amide bonds. The number of anilines is 2. The summed E-state index contributed by atoms with van der Waals surface area (Å²) in [6.45, 7) is 2.71. The third-order valence-corrected chi connectivity index (χ3v) is 6.61. The van der Waals surface area contributed by atoms with E-state index in [0.717, 1.165) is 28.9 Å². The molecule has 2 heterocycles. The Labute approximate surface area is 199 Å². The van der Waals surface area contributed by atoms with Crippen LogP contribution in [0.5, 0.6) is 0 Å². The molecule has 1 aliphatic heterocycles. The zero-order valence-electron chi connectivity index (χ0n) is 19.0. The molecule has 0 atom stereocenters. The third kappa shape index (κ3) is 5.64. The Balaban J connectivity index is 1.75. The monoisotopic (exact) mass is 508 g/mol. The molecule has 0 bridgehead atoms. The van der Waals surface area contributed by atoms with Crippen molar-refractivity contribution in [2.45, 2.75) is 65.0 Å². The predicted molar refractivity (Wildman–Crippen MR) is 118 cm³/mol. The first-order chi connectivity index (χ1) is 15.8. The molecular weight excluding hydrogens is 482 g/mol. The van der Waals surface area contributed by atoms with E-state index in [9.17, 15) is 26.3 Å². The fourth-order valence-corrected chi connectivity index (χ4v) is 5.12. The number of nitrogens with zero attached hydrogens (tertiary/aromatic N) is 4. The Morgan fingerprint density at radius 3 is 2.38 bits per heavy atom. The van der Waals surface area contributed by atoms with Crippen molar-refractivity contribution in [2.24, 2.45) is 5.92 Å². The van der Waals surface area contributed by atoms with Crippen LogP contribution in [0.15, 0.2) is 12.1 Å². The lowest BCUT2D eigenvalue weighted by Crippen LogP contribution is -2.36. The first-order valence-corrected chi connectivity index (χ1v) is 11.7. The van der Waals surface area contributed by atoms with Crippen molar-refractivity contribution in [1.29, 1.82) is 0 Å². The number of alkyl halides is 6. The molecule has 4 rings (SSSR count). The summed E-state index contributed by atoms with van der Waals surface area (Å²) in [6, 6.07) is 3.62. The van der Waals surface area contributed by atoms with Crippen molar-refractivity contribution >= 4 is 23.2 Å². The van der Waals surface area contributed by atoms with Gasteiger partial charge in [-0.2, -0.15) is 26.3 Å². The molecule has 1 aromatic heterocycles. The second kappa shape index (κ2) is 9.26. The van der Waals surface area contributed by atoms with Gasteiger partial charge >= 0.3 is 12.4 Å². The van der Waals surface area contributed by atoms with Crippen LogP contribution in [0, 0.1) is 19.8 Å². The van der Waals surface area contributed by atoms with Crippen LogP contribution in [0.1, 0.15) is 48.2 Å². The van der Waals surface area contributed by atoms with Crippen molar-refractivity contribution in [2.75, 3.05) is 24.5 Å². The third-order valence-electron chi connectivity index (χ3n) is 6.32. The van der Waals surface area contributed by atoms with Crippen LogP contribution >= 0.6 is 11.6 Å². The summed E-state index contributed by atoms with van der Waals surface area (Å²) in [4.78, 5) is 6.66. The average molecular weight is 509 g/mol. The number of rotatable bonds is 7. The lowest BCUT2D eigenvalue weighted by atomic mass is 10.1. The summed E-state index contributed by atoms with van der Waals surface area (Å²) >= 11 is 6.47. The quantitative estimate of drug-likeness (QED) is 0.381. The van der Waals surface area contributed by atoms with E-state index in [1.165, 1.54) is 4.57 Å². The van der Waals surface area contributed by atoms with Crippen LogP contribution in [-0.4, -0.2) is 40.3 Å². The largest absolute Gasteiger partial charge is 0.435 e. The maximum absolute atomic E-state index is 14.0. The van der Waals surface area contributed by atoms with Gasteiger partial charge in [0.05, 0.1) is 22.9 Å². The molecule has 1 aliphatic carbocycles. The molecule has 1 saturated carbocycles. The standard InChI is InChI=1S/C23H27ClF6N4/c1-14-10-15(2)19(17(24)11-14)34-8-3-7-33-18(20(23(28,29)30)31-21(33)34)12-32(13-22(25,26)27)9-6-16-4-5-16/h10-11,16H,3-9,12-13H2,1-2H3. The number of hydrogen-bond donors (Lipinski definition) is 0. The minimum absolute atomic E-state index is 0.0663. The molecule has 1 fully saturated rings. The zero-order chi connectivity index (χ0) is 24.8. The van der Waals surface area contributed by atoms with Gasteiger partial charge in [-0.15, -0.1) is 0 Å². The highest BCUT2D eigenvalue weighted by Gasteiger charge is 2.42. The zero-order valence-corrected chi connectivity index (χ0v) is 19.8. The van der Waals surface area contributed by atoms with Gasteiger partial charge in [0.1, 0.15) is 0 Å². The van der Waals surface area contributed by atoms with E-state index in [1.54, 1.807) is 11.0 Å². The molecule has 34 heavy (non-hydrogen) atoms. The second-order valence-corrected chi connectivity index (χ2v) is 9.74. The highest BCUT2D eigenvalue weighted by molar-refractivity contribution is 6.33. The lowest BCUT2D eigenvalue weighted by molar-refractivity contribution is -0.149. The van der Waals surface area contributed by atoms with Gasteiger partial charge in [0.25, 0.3) is 0 Å². The van der Waals surface area contributed by atoms with Crippen molar-refractivity contribution in [3.05, 3.63) is 39.7 Å². The number of hydrogen-bond acceptors (Lipinski definition) is 3. The number of aromatic nitrogens is 2. The molecule has 0 unspecified atom stereocenters. The van der Waals surface area contributed by atoms with Gasteiger partial charge in [-0.25, -0.2) is 4.98 Å². The molecule has 0 saturated heterocycles. The summed E-state index contributed by atoms with van der Waals surface area (Å²) in [7, 11) is 0. The Bertz CT molecular complexity index is 1020. The van der Waals surface area contributed by atoms with E-state index >= 15 is 0 Å². The fourth-order valence-electron chi connectivity index (χ4n) is 4.70. The highest BCUT2D eigenvalue weighted by Crippen LogP contribution is 2.42. The first kappa shape index (κ1) is 25.2.